The van der Waals surface area contributed by atoms with Gasteiger partial charge in [-0.25, -0.2) is 13.6 Å². The molecule has 2 rings (SSSR count). The summed E-state index contributed by atoms with van der Waals surface area (Å²) in [6.07, 6.45) is 0.436. The second-order valence-corrected chi connectivity index (χ2v) is 4.78. The second kappa shape index (κ2) is 6.55. The zero-order valence-electron chi connectivity index (χ0n) is 12.6. The number of Topliss-reactive ketones (excluding diaryl/α,β-unsaturated/α-hetero) is 1. The molecule has 0 fully saturated rings. The molecule has 0 radical (unpaired) electrons. The van der Waals surface area contributed by atoms with E-state index in [9.17, 15) is 18.4 Å². The number of nitrogens with two attached hydrogens (primary N) is 1. The summed E-state index contributed by atoms with van der Waals surface area (Å²) in [4.78, 5) is 23.9. The highest BCUT2D eigenvalue weighted by atomic mass is 19.1. The maximum absolute atomic E-state index is 13.5. The monoisotopic (exact) mass is 323 g/mol. The number of carbonyl (C=O) groups excluding carboxylic acids is 2. The van der Waals surface area contributed by atoms with E-state index in [4.69, 9.17) is 10.5 Å². The molecule has 1 aromatic carbocycles. The van der Waals surface area contributed by atoms with Crippen molar-refractivity contribution >= 4 is 17.6 Å². The molecule has 2 aromatic rings. The van der Waals surface area contributed by atoms with Crippen LogP contribution < -0.4 is 5.73 Å². The van der Waals surface area contributed by atoms with Gasteiger partial charge in [0.1, 0.15) is 23.0 Å². The Bertz CT molecular complexity index is 751. The molecular weight excluding hydrogens is 308 g/mol. The lowest BCUT2D eigenvalue weighted by molar-refractivity contribution is 0.0472. The fourth-order valence-corrected chi connectivity index (χ4v) is 2.10. The van der Waals surface area contributed by atoms with Gasteiger partial charge in [-0.3, -0.25) is 9.48 Å². The lowest BCUT2D eigenvalue weighted by Crippen LogP contribution is -2.18. The summed E-state index contributed by atoms with van der Waals surface area (Å²) >= 11 is 0. The SMILES string of the molecule is CCc1nn(C)c(N)c1C(=O)OCC(=O)c1c(F)cccc1F. The highest BCUT2D eigenvalue weighted by molar-refractivity contribution is 6.01. The lowest BCUT2D eigenvalue weighted by atomic mass is 10.1. The van der Waals surface area contributed by atoms with Gasteiger partial charge in [0.2, 0.25) is 5.78 Å². The fourth-order valence-electron chi connectivity index (χ4n) is 2.10. The van der Waals surface area contributed by atoms with Crippen LogP contribution in [0.2, 0.25) is 0 Å². The van der Waals surface area contributed by atoms with Gasteiger partial charge in [-0.15, -0.1) is 0 Å². The number of hydrogen-bond donors (Lipinski definition) is 1. The van der Waals surface area contributed by atoms with Gasteiger partial charge < -0.3 is 10.5 Å². The van der Waals surface area contributed by atoms with E-state index >= 15 is 0 Å². The van der Waals surface area contributed by atoms with Crippen LogP contribution in [0.1, 0.15) is 33.3 Å². The molecular formula is C15H15F2N3O3. The maximum atomic E-state index is 13.5. The van der Waals surface area contributed by atoms with E-state index in [2.05, 4.69) is 5.10 Å². The van der Waals surface area contributed by atoms with Crippen LogP contribution in [0, 0.1) is 11.6 Å². The van der Waals surface area contributed by atoms with Crippen molar-refractivity contribution in [1.29, 1.82) is 0 Å². The number of ketones is 1. The van der Waals surface area contributed by atoms with Gasteiger partial charge in [-0.1, -0.05) is 13.0 Å². The Morgan fingerprint density at radius 3 is 2.43 bits per heavy atom. The summed E-state index contributed by atoms with van der Waals surface area (Å²) in [6.45, 7) is 0.979. The van der Waals surface area contributed by atoms with Crippen LogP contribution in [0.5, 0.6) is 0 Å². The van der Waals surface area contributed by atoms with Crippen molar-refractivity contribution in [1.82, 2.24) is 9.78 Å². The van der Waals surface area contributed by atoms with Crippen LogP contribution >= 0.6 is 0 Å². The van der Waals surface area contributed by atoms with Gasteiger partial charge in [0.05, 0.1) is 11.3 Å². The Hall–Kier alpha value is -2.77. The topological polar surface area (TPSA) is 87.2 Å². The van der Waals surface area contributed by atoms with E-state index in [1.54, 1.807) is 14.0 Å². The van der Waals surface area contributed by atoms with Crippen LogP contribution in [0.3, 0.4) is 0 Å². The van der Waals surface area contributed by atoms with Crippen LogP contribution in [0.4, 0.5) is 14.6 Å². The maximum Gasteiger partial charge on any atom is 0.344 e. The first-order chi connectivity index (χ1) is 10.9. The van der Waals surface area contributed by atoms with Gasteiger partial charge in [-0.05, 0) is 18.6 Å². The fraction of sp³-hybridized carbons (Fsp3) is 0.267. The number of nitrogens with zero attached hydrogens (tertiary/aromatic N) is 2. The van der Waals surface area contributed by atoms with E-state index in [1.807, 2.05) is 0 Å². The van der Waals surface area contributed by atoms with Crippen molar-refractivity contribution in [3.63, 3.8) is 0 Å². The highest BCUT2D eigenvalue weighted by Gasteiger charge is 2.24. The van der Waals surface area contributed by atoms with E-state index < -0.39 is 35.6 Å². The Morgan fingerprint density at radius 1 is 1.26 bits per heavy atom. The predicted octanol–water partition coefficient (Wildman–Crippen LogP) is 1.88. The summed E-state index contributed by atoms with van der Waals surface area (Å²) in [5.74, 6) is -3.77. The van der Waals surface area contributed by atoms with Crippen molar-refractivity contribution in [2.75, 3.05) is 12.3 Å². The quantitative estimate of drug-likeness (QED) is 0.670. The number of halogens is 2. The van der Waals surface area contributed by atoms with E-state index in [0.29, 0.717) is 12.1 Å². The minimum atomic E-state index is -1.01. The van der Waals surface area contributed by atoms with Crippen LogP contribution in [-0.4, -0.2) is 28.1 Å². The van der Waals surface area contributed by atoms with Gasteiger partial charge in [-0.2, -0.15) is 5.10 Å². The number of anilines is 1. The number of rotatable bonds is 5. The Labute approximate surface area is 130 Å². The molecule has 0 bridgehead atoms. The van der Waals surface area contributed by atoms with Crippen molar-refractivity contribution in [2.45, 2.75) is 13.3 Å². The summed E-state index contributed by atoms with van der Waals surface area (Å²) in [5.41, 5.74) is 5.47. The Morgan fingerprint density at radius 2 is 1.87 bits per heavy atom. The molecule has 6 nitrogen and oxygen atoms in total. The van der Waals surface area contributed by atoms with Crippen molar-refractivity contribution < 1.29 is 23.1 Å². The predicted molar refractivity (Wildman–Crippen MR) is 78.0 cm³/mol. The minimum absolute atomic E-state index is 0.0526. The molecule has 122 valence electrons. The molecule has 0 spiro atoms. The zero-order valence-corrected chi connectivity index (χ0v) is 12.6. The molecule has 1 aromatic heterocycles. The molecule has 8 heteroatoms. The number of benzene rings is 1. The normalized spacial score (nSPS) is 10.6. The van der Waals surface area contributed by atoms with Crippen molar-refractivity contribution in [3.05, 3.63) is 46.7 Å². The van der Waals surface area contributed by atoms with Crippen LogP contribution in [-0.2, 0) is 18.2 Å². The molecule has 0 aliphatic carbocycles. The van der Waals surface area contributed by atoms with Gasteiger partial charge in [0.15, 0.2) is 6.61 Å². The number of aromatic nitrogens is 2. The van der Waals surface area contributed by atoms with Gasteiger partial charge in [0, 0.05) is 7.05 Å². The molecule has 0 aliphatic rings. The first-order valence-electron chi connectivity index (χ1n) is 6.82. The molecule has 0 aliphatic heterocycles. The molecule has 0 unspecified atom stereocenters. The largest absolute Gasteiger partial charge is 0.454 e. The minimum Gasteiger partial charge on any atom is -0.454 e. The van der Waals surface area contributed by atoms with E-state index in [0.717, 1.165) is 18.2 Å². The smallest absolute Gasteiger partial charge is 0.344 e. The average molecular weight is 323 g/mol. The van der Waals surface area contributed by atoms with E-state index in [-0.39, 0.29) is 11.4 Å². The summed E-state index contributed by atoms with van der Waals surface area (Å²) in [6, 6.07) is 3.04. The number of carbonyl (C=O) groups is 2. The van der Waals surface area contributed by atoms with E-state index in [1.165, 1.54) is 4.68 Å². The second-order valence-electron chi connectivity index (χ2n) is 4.78. The van der Waals surface area contributed by atoms with Crippen LogP contribution in [0.25, 0.3) is 0 Å². The van der Waals surface area contributed by atoms with Crippen molar-refractivity contribution in [2.24, 2.45) is 7.05 Å². The summed E-state index contributed by atoms with van der Waals surface area (Å²) < 4.78 is 33.1. The molecule has 0 saturated heterocycles. The van der Waals surface area contributed by atoms with Gasteiger partial charge >= 0.3 is 5.97 Å². The number of nitrogen functional groups attached to an aromatic ring is 1. The van der Waals surface area contributed by atoms with Crippen LogP contribution in [0.15, 0.2) is 18.2 Å². The third-order valence-corrected chi connectivity index (χ3v) is 3.28. The molecule has 0 amide bonds. The number of aryl methyl sites for hydroxylation is 2. The zero-order chi connectivity index (χ0) is 17.1. The number of hydrogen-bond acceptors (Lipinski definition) is 5. The number of esters is 1. The Balaban J connectivity index is 2.15. The highest BCUT2D eigenvalue weighted by Crippen LogP contribution is 2.18. The third-order valence-electron chi connectivity index (χ3n) is 3.28. The Kier molecular flexibility index (Phi) is 4.73. The standard InChI is InChI=1S/C15H15F2N3O3/c1-3-10-13(14(18)20(2)19-10)15(22)23-7-11(21)12-8(16)5-4-6-9(12)17/h4-6H,3,7,18H2,1-2H3. The molecule has 0 saturated carbocycles. The van der Waals surface area contributed by atoms with Crippen molar-refractivity contribution in [3.8, 4) is 0 Å². The lowest BCUT2D eigenvalue weighted by Gasteiger charge is -2.06. The first-order valence-corrected chi connectivity index (χ1v) is 6.82. The average Bonchev–Trinajstić information content (AvgIpc) is 2.79. The summed E-state index contributed by atoms with van der Waals surface area (Å²) in [7, 11) is 1.56. The molecule has 2 N–H and O–H groups in total. The molecule has 23 heavy (non-hydrogen) atoms. The first kappa shape index (κ1) is 16.6. The summed E-state index contributed by atoms with van der Waals surface area (Å²) in [5, 5.41) is 4.05. The molecule has 1 heterocycles. The number of ether oxygens (including phenoxy) is 1. The van der Waals surface area contributed by atoms with Gasteiger partial charge in [0.25, 0.3) is 0 Å². The third kappa shape index (κ3) is 3.20. The molecule has 0 atom stereocenters.